The molecular formula is C26H20N2O4. The Hall–Kier alpha value is -4.19. The van der Waals surface area contributed by atoms with Gasteiger partial charge in [-0.2, -0.15) is 0 Å². The summed E-state index contributed by atoms with van der Waals surface area (Å²) in [6.07, 6.45) is 0. The topological polar surface area (TPSA) is 74.3 Å². The standard InChI is InChI=1S/C26H20N2O4/c1-16-10-12-17(13-11-16)15-28-24(27-21-8-4-3-7-19(21)25(28)29)20-14-18-6-5-9-22(31-2)23(18)32-26(20)30/h3-14H,15H2,1-2H3. The summed E-state index contributed by atoms with van der Waals surface area (Å²) in [4.78, 5) is 31.2. The highest BCUT2D eigenvalue weighted by Crippen LogP contribution is 2.27. The van der Waals surface area contributed by atoms with E-state index in [9.17, 15) is 9.59 Å². The van der Waals surface area contributed by atoms with Gasteiger partial charge in [-0.3, -0.25) is 9.36 Å². The number of ether oxygens (including phenoxy) is 1. The van der Waals surface area contributed by atoms with E-state index in [4.69, 9.17) is 14.1 Å². The predicted molar refractivity (Wildman–Crippen MR) is 124 cm³/mol. The van der Waals surface area contributed by atoms with Crippen molar-refractivity contribution in [2.24, 2.45) is 0 Å². The van der Waals surface area contributed by atoms with Gasteiger partial charge in [0.05, 0.1) is 24.6 Å². The molecule has 0 spiro atoms. The Kier molecular flexibility index (Phi) is 4.82. The molecule has 6 nitrogen and oxygen atoms in total. The van der Waals surface area contributed by atoms with E-state index in [1.807, 2.05) is 49.4 Å². The van der Waals surface area contributed by atoms with Gasteiger partial charge in [0, 0.05) is 5.39 Å². The monoisotopic (exact) mass is 424 g/mol. The van der Waals surface area contributed by atoms with Crippen molar-refractivity contribution >= 4 is 21.9 Å². The molecule has 2 aromatic heterocycles. The molecule has 0 aliphatic carbocycles. The fourth-order valence-electron chi connectivity index (χ4n) is 3.83. The zero-order chi connectivity index (χ0) is 22.2. The lowest BCUT2D eigenvalue weighted by molar-refractivity contribution is 0.407. The van der Waals surface area contributed by atoms with E-state index >= 15 is 0 Å². The molecule has 0 saturated carbocycles. The number of methoxy groups -OCH3 is 1. The number of hydrogen-bond acceptors (Lipinski definition) is 5. The van der Waals surface area contributed by atoms with Gasteiger partial charge in [0.15, 0.2) is 17.2 Å². The van der Waals surface area contributed by atoms with Crippen LogP contribution in [0.15, 0.2) is 86.8 Å². The van der Waals surface area contributed by atoms with Gasteiger partial charge in [-0.05, 0) is 36.8 Å². The average Bonchev–Trinajstić information content (AvgIpc) is 2.81. The second-order valence-electron chi connectivity index (χ2n) is 7.66. The molecule has 6 heteroatoms. The van der Waals surface area contributed by atoms with Gasteiger partial charge in [0.1, 0.15) is 5.56 Å². The van der Waals surface area contributed by atoms with Crippen molar-refractivity contribution in [1.82, 2.24) is 9.55 Å². The maximum absolute atomic E-state index is 13.4. The van der Waals surface area contributed by atoms with Gasteiger partial charge in [0.25, 0.3) is 5.56 Å². The predicted octanol–water partition coefficient (Wildman–Crippen LogP) is 4.54. The molecule has 0 amide bonds. The van der Waals surface area contributed by atoms with Gasteiger partial charge in [-0.25, -0.2) is 9.78 Å². The third kappa shape index (κ3) is 3.36. The lowest BCUT2D eigenvalue weighted by atomic mass is 10.1. The van der Waals surface area contributed by atoms with Crippen molar-refractivity contribution in [3.63, 3.8) is 0 Å². The second kappa shape index (κ2) is 7.81. The molecule has 2 heterocycles. The lowest BCUT2D eigenvalue weighted by Crippen LogP contribution is -2.25. The molecule has 0 N–H and O–H groups in total. The molecule has 3 aromatic carbocycles. The highest BCUT2D eigenvalue weighted by molar-refractivity contribution is 5.86. The lowest BCUT2D eigenvalue weighted by Gasteiger charge is -2.14. The van der Waals surface area contributed by atoms with E-state index < -0.39 is 5.63 Å². The van der Waals surface area contributed by atoms with Crippen LogP contribution in [-0.2, 0) is 6.54 Å². The van der Waals surface area contributed by atoms with Gasteiger partial charge in [-0.15, -0.1) is 0 Å². The van der Waals surface area contributed by atoms with Gasteiger partial charge in [-0.1, -0.05) is 54.1 Å². The number of aromatic nitrogens is 2. The van der Waals surface area contributed by atoms with Crippen LogP contribution >= 0.6 is 0 Å². The molecule has 0 bridgehead atoms. The first-order valence-corrected chi connectivity index (χ1v) is 10.2. The molecule has 0 aliphatic heterocycles. The Labute approximate surface area is 183 Å². The zero-order valence-corrected chi connectivity index (χ0v) is 17.7. The van der Waals surface area contributed by atoms with Gasteiger partial charge < -0.3 is 9.15 Å². The molecule has 0 saturated heterocycles. The van der Waals surface area contributed by atoms with Crippen molar-refractivity contribution in [2.75, 3.05) is 7.11 Å². The Morgan fingerprint density at radius 2 is 1.75 bits per heavy atom. The Morgan fingerprint density at radius 1 is 0.969 bits per heavy atom. The van der Waals surface area contributed by atoms with Crippen LogP contribution in [0.2, 0.25) is 0 Å². The maximum Gasteiger partial charge on any atom is 0.347 e. The molecule has 32 heavy (non-hydrogen) atoms. The number of fused-ring (bicyclic) bond motifs is 2. The zero-order valence-electron chi connectivity index (χ0n) is 17.7. The van der Waals surface area contributed by atoms with Crippen LogP contribution in [0.3, 0.4) is 0 Å². The summed E-state index contributed by atoms with van der Waals surface area (Å²) in [6.45, 7) is 2.29. The molecule has 5 rings (SSSR count). The van der Waals surface area contributed by atoms with E-state index in [0.717, 1.165) is 11.1 Å². The van der Waals surface area contributed by atoms with Crippen LogP contribution in [-0.4, -0.2) is 16.7 Å². The average molecular weight is 424 g/mol. The first kappa shape index (κ1) is 19.8. The maximum atomic E-state index is 13.4. The first-order valence-electron chi connectivity index (χ1n) is 10.2. The summed E-state index contributed by atoms with van der Waals surface area (Å²) in [5, 5.41) is 1.18. The number of nitrogens with zero attached hydrogens (tertiary/aromatic N) is 2. The van der Waals surface area contributed by atoms with Crippen molar-refractivity contribution < 1.29 is 9.15 Å². The van der Waals surface area contributed by atoms with Crippen LogP contribution in [0.4, 0.5) is 0 Å². The Morgan fingerprint density at radius 3 is 2.53 bits per heavy atom. The van der Waals surface area contributed by atoms with Crippen LogP contribution < -0.4 is 15.9 Å². The van der Waals surface area contributed by atoms with E-state index in [1.54, 1.807) is 30.3 Å². The van der Waals surface area contributed by atoms with E-state index in [0.29, 0.717) is 27.6 Å². The summed E-state index contributed by atoms with van der Waals surface area (Å²) in [6, 6.07) is 22.1. The Bertz CT molecular complexity index is 1580. The molecule has 5 aromatic rings. The van der Waals surface area contributed by atoms with Gasteiger partial charge >= 0.3 is 5.63 Å². The molecule has 0 aliphatic rings. The molecular weight excluding hydrogens is 404 g/mol. The van der Waals surface area contributed by atoms with Crippen LogP contribution in [0.5, 0.6) is 5.75 Å². The fraction of sp³-hybridized carbons (Fsp3) is 0.115. The van der Waals surface area contributed by atoms with E-state index in [1.165, 1.54) is 11.7 Å². The number of rotatable bonds is 4. The largest absolute Gasteiger partial charge is 0.493 e. The van der Waals surface area contributed by atoms with Crippen LogP contribution in [0.25, 0.3) is 33.3 Å². The quantitative estimate of drug-likeness (QED) is 0.396. The molecule has 158 valence electrons. The number of aryl methyl sites for hydroxylation is 1. The minimum atomic E-state index is -0.582. The normalized spacial score (nSPS) is 11.2. The van der Waals surface area contributed by atoms with E-state index in [2.05, 4.69) is 0 Å². The minimum absolute atomic E-state index is 0.212. The number of para-hydroxylation sites is 2. The molecule has 0 fully saturated rings. The third-order valence-electron chi connectivity index (χ3n) is 5.51. The number of benzene rings is 3. The van der Waals surface area contributed by atoms with Crippen LogP contribution in [0, 0.1) is 6.92 Å². The smallest absolute Gasteiger partial charge is 0.347 e. The van der Waals surface area contributed by atoms with Gasteiger partial charge in [0.2, 0.25) is 0 Å². The molecule has 0 unspecified atom stereocenters. The summed E-state index contributed by atoms with van der Waals surface area (Å²) >= 11 is 0. The SMILES string of the molecule is COc1cccc2cc(-c3nc4ccccc4c(=O)n3Cc3ccc(C)cc3)c(=O)oc12. The number of hydrogen-bond donors (Lipinski definition) is 0. The summed E-state index contributed by atoms with van der Waals surface area (Å²) in [7, 11) is 1.52. The van der Waals surface area contributed by atoms with E-state index in [-0.39, 0.29) is 23.5 Å². The molecule has 0 radical (unpaired) electrons. The summed E-state index contributed by atoms with van der Waals surface area (Å²) < 4.78 is 12.5. The van der Waals surface area contributed by atoms with Crippen molar-refractivity contribution in [2.45, 2.75) is 13.5 Å². The first-order chi connectivity index (χ1) is 15.5. The van der Waals surface area contributed by atoms with Crippen LogP contribution in [0.1, 0.15) is 11.1 Å². The fourth-order valence-corrected chi connectivity index (χ4v) is 3.83. The Balaban J connectivity index is 1.79. The summed E-state index contributed by atoms with van der Waals surface area (Å²) in [5.41, 5.74) is 2.37. The van der Waals surface area contributed by atoms with Crippen molar-refractivity contribution in [3.05, 3.63) is 105 Å². The molecule has 0 atom stereocenters. The second-order valence-corrected chi connectivity index (χ2v) is 7.66. The van der Waals surface area contributed by atoms with Crippen molar-refractivity contribution in [3.8, 4) is 17.1 Å². The minimum Gasteiger partial charge on any atom is -0.493 e. The summed E-state index contributed by atoms with van der Waals surface area (Å²) in [5.74, 6) is 0.738. The highest BCUT2D eigenvalue weighted by Gasteiger charge is 2.18. The highest BCUT2D eigenvalue weighted by atomic mass is 16.5. The van der Waals surface area contributed by atoms with Crippen molar-refractivity contribution in [1.29, 1.82) is 0 Å². The third-order valence-corrected chi connectivity index (χ3v) is 5.51.